The van der Waals surface area contributed by atoms with Crippen molar-refractivity contribution in [1.82, 2.24) is 9.80 Å². The number of para-hydroxylation sites is 1. The maximum Gasteiger partial charge on any atom is 0.237 e. The summed E-state index contributed by atoms with van der Waals surface area (Å²) in [5.41, 5.74) is 1.82. The molecule has 1 aromatic heterocycles. The van der Waals surface area contributed by atoms with Crippen molar-refractivity contribution in [2.24, 2.45) is 0 Å². The van der Waals surface area contributed by atoms with Gasteiger partial charge in [-0.05, 0) is 48.4 Å². The molecule has 3 heterocycles. The van der Waals surface area contributed by atoms with Gasteiger partial charge in [-0.15, -0.1) is 11.3 Å². The number of amides is 2. The molecule has 6 nitrogen and oxygen atoms in total. The van der Waals surface area contributed by atoms with Gasteiger partial charge in [0.2, 0.25) is 11.8 Å². The molecule has 0 aliphatic carbocycles. The van der Waals surface area contributed by atoms with E-state index in [1.54, 1.807) is 18.4 Å². The topological polar surface area (TPSA) is 53.1 Å². The highest BCUT2D eigenvalue weighted by atomic mass is 32.1. The summed E-state index contributed by atoms with van der Waals surface area (Å²) in [5, 5.41) is 2.12. The normalized spacial score (nSPS) is 18.2. The summed E-state index contributed by atoms with van der Waals surface area (Å²) in [5.74, 6) is 0.309. The minimum atomic E-state index is -0.389. The first-order chi connectivity index (χ1) is 15.6. The Bertz CT molecular complexity index is 922. The van der Waals surface area contributed by atoms with Crippen LogP contribution in [0, 0.1) is 0 Å². The highest BCUT2D eigenvalue weighted by Crippen LogP contribution is 2.34. The third-order valence-corrected chi connectivity index (χ3v) is 7.78. The first-order valence-corrected chi connectivity index (χ1v) is 12.4. The van der Waals surface area contributed by atoms with E-state index >= 15 is 0 Å². The van der Waals surface area contributed by atoms with Gasteiger partial charge in [0, 0.05) is 50.3 Å². The van der Waals surface area contributed by atoms with Gasteiger partial charge < -0.3 is 14.5 Å². The molecule has 0 bridgehead atoms. The van der Waals surface area contributed by atoms with Crippen LogP contribution in [-0.4, -0.2) is 67.0 Å². The van der Waals surface area contributed by atoms with E-state index in [4.69, 9.17) is 4.74 Å². The van der Waals surface area contributed by atoms with Crippen molar-refractivity contribution in [2.75, 3.05) is 44.8 Å². The van der Waals surface area contributed by atoms with Gasteiger partial charge in [0.1, 0.15) is 0 Å². The van der Waals surface area contributed by atoms with Gasteiger partial charge in [-0.3, -0.25) is 14.5 Å². The number of rotatable bonds is 7. The molecule has 0 N–H and O–H groups in total. The Balaban J connectivity index is 1.43. The number of fused-ring (bicyclic) bond motifs is 1. The van der Waals surface area contributed by atoms with Crippen LogP contribution in [0.2, 0.25) is 0 Å². The quantitative estimate of drug-likeness (QED) is 0.641. The molecule has 1 saturated heterocycles. The molecule has 0 radical (unpaired) electrons. The number of carbonyl (C=O) groups excluding carboxylic acids is 2. The van der Waals surface area contributed by atoms with Gasteiger partial charge in [0.15, 0.2) is 0 Å². The Labute approximate surface area is 194 Å². The number of hydrogen-bond donors (Lipinski definition) is 0. The average Bonchev–Trinajstić information content (AvgIpc) is 3.29. The molecule has 0 saturated carbocycles. The molecule has 4 rings (SSSR count). The number of methoxy groups -OCH3 is 1. The number of anilines is 1. The number of ether oxygens (including phenoxy) is 1. The summed E-state index contributed by atoms with van der Waals surface area (Å²) in [4.78, 5) is 33.6. The summed E-state index contributed by atoms with van der Waals surface area (Å²) in [6.45, 7) is 5.91. The Hall–Kier alpha value is -2.22. The van der Waals surface area contributed by atoms with Crippen LogP contribution in [0.1, 0.15) is 36.6 Å². The van der Waals surface area contributed by atoms with Crippen LogP contribution in [-0.2, 0) is 27.3 Å². The summed E-state index contributed by atoms with van der Waals surface area (Å²) < 4.78 is 5.63. The summed E-state index contributed by atoms with van der Waals surface area (Å²) >= 11 is 1.79. The van der Waals surface area contributed by atoms with Crippen molar-refractivity contribution in [1.29, 1.82) is 0 Å². The standard InChI is InChI=1S/C25H33N3O3S/c1-3-23(29)28(21-7-5-4-6-8-21)25(19-31-2)11-14-26(15-12-25)18-24(30)27-13-9-22-20(17-27)10-16-32-22/h4-8,10,16H,3,9,11-15,17-19H2,1-2H3. The minimum Gasteiger partial charge on any atom is -0.382 e. The van der Waals surface area contributed by atoms with Gasteiger partial charge in [0.05, 0.1) is 18.7 Å². The van der Waals surface area contributed by atoms with Crippen LogP contribution in [0.15, 0.2) is 41.8 Å². The third kappa shape index (κ3) is 4.75. The van der Waals surface area contributed by atoms with Crippen molar-refractivity contribution in [2.45, 2.75) is 44.7 Å². The Kier molecular flexibility index (Phi) is 7.28. The zero-order chi connectivity index (χ0) is 22.6. The van der Waals surface area contributed by atoms with Crippen LogP contribution < -0.4 is 4.90 Å². The Morgan fingerprint density at radius 3 is 2.56 bits per heavy atom. The second-order valence-electron chi connectivity index (χ2n) is 8.79. The number of hydrogen-bond acceptors (Lipinski definition) is 5. The fraction of sp³-hybridized carbons (Fsp3) is 0.520. The Morgan fingerprint density at radius 2 is 1.88 bits per heavy atom. The van der Waals surface area contributed by atoms with Crippen molar-refractivity contribution >= 4 is 28.8 Å². The van der Waals surface area contributed by atoms with Gasteiger partial charge in [0.25, 0.3) is 0 Å². The smallest absolute Gasteiger partial charge is 0.237 e. The molecule has 0 atom stereocenters. The largest absolute Gasteiger partial charge is 0.382 e. The second-order valence-corrected chi connectivity index (χ2v) is 9.79. The van der Waals surface area contributed by atoms with Crippen molar-refractivity contribution in [3.8, 4) is 0 Å². The van der Waals surface area contributed by atoms with Gasteiger partial charge in [-0.1, -0.05) is 25.1 Å². The molecule has 2 aliphatic rings. The number of benzene rings is 1. The fourth-order valence-electron chi connectivity index (χ4n) is 5.00. The van der Waals surface area contributed by atoms with E-state index < -0.39 is 0 Å². The average molecular weight is 456 g/mol. The maximum absolute atomic E-state index is 13.0. The maximum atomic E-state index is 13.0. The molecular weight excluding hydrogens is 422 g/mol. The zero-order valence-corrected chi connectivity index (χ0v) is 19.9. The third-order valence-electron chi connectivity index (χ3n) is 6.76. The predicted octanol–water partition coefficient (Wildman–Crippen LogP) is 3.56. The molecule has 2 aromatic rings. The van der Waals surface area contributed by atoms with Crippen LogP contribution in [0.3, 0.4) is 0 Å². The number of thiophene rings is 1. The molecule has 1 fully saturated rings. The molecule has 32 heavy (non-hydrogen) atoms. The summed E-state index contributed by atoms with van der Waals surface area (Å²) in [6, 6.07) is 12.0. The first kappa shape index (κ1) is 23.0. The van der Waals surface area contributed by atoms with Crippen LogP contribution in [0.25, 0.3) is 0 Å². The molecular formula is C25H33N3O3S. The van der Waals surface area contributed by atoms with E-state index in [0.717, 1.165) is 51.1 Å². The van der Waals surface area contributed by atoms with E-state index in [0.29, 0.717) is 19.6 Å². The predicted molar refractivity (Wildman–Crippen MR) is 128 cm³/mol. The molecule has 7 heteroatoms. The zero-order valence-electron chi connectivity index (χ0n) is 19.1. The summed E-state index contributed by atoms with van der Waals surface area (Å²) in [6.07, 6.45) is 2.97. The van der Waals surface area contributed by atoms with E-state index in [9.17, 15) is 9.59 Å². The van der Waals surface area contributed by atoms with Gasteiger partial charge in [-0.2, -0.15) is 0 Å². The highest BCUT2D eigenvalue weighted by Gasteiger charge is 2.43. The Morgan fingerprint density at radius 1 is 1.12 bits per heavy atom. The number of piperidine rings is 1. The number of carbonyl (C=O) groups is 2. The highest BCUT2D eigenvalue weighted by molar-refractivity contribution is 7.10. The molecule has 172 valence electrons. The fourth-order valence-corrected chi connectivity index (χ4v) is 5.89. The van der Waals surface area contributed by atoms with Crippen molar-refractivity contribution in [3.05, 3.63) is 52.2 Å². The lowest BCUT2D eigenvalue weighted by Gasteiger charge is -2.48. The number of likely N-dealkylation sites (tertiary alicyclic amines) is 1. The van der Waals surface area contributed by atoms with Crippen LogP contribution >= 0.6 is 11.3 Å². The van der Waals surface area contributed by atoms with Crippen LogP contribution in [0.5, 0.6) is 0 Å². The minimum absolute atomic E-state index is 0.109. The van der Waals surface area contributed by atoms with E-state index in [2.05, 4.69) is 16.3 Å². The lowest BCUT2D eigenvalue weighted by molar-refractivity contribution is -0.134. The molecule has 2 aliphatic heterocycles. The lowest BCUT2D eigenvalue weighted by atomic mass is 9.85. The molecule has 0 spiro atoms. The van der Waals surface area contributed by atoms with Crippen LogP contribution in [0.4, 0.5) is 5.69 Å². The number of nitrogens with zero attached hydrogens (tertiary/aromatic N) is 3. The van der Waals surface area contributed by atoms with E-state index in [1.165, 1.54) is 10.4 Å². The SMILES string of the molecule is CCC(=O)N(c1ccccc1)C1(COC)CCN(CC(=O)N2CCc3sccc3C2)CC1. The van der Waals surface area contributed by atoms with Gasteiger partial charge in [-0.25, -0.2) is 0 Å². The first-order valence-electron chi connectivity index (χ1n) is 11.5. The molecule has 1 aromatic carbocycles. The van der Waals surface area contributed by atoms with E-state index in [-0.39, 0.29) is 17.4 Å². The summed E-state index contributed by atoms with van der Waals surface area (Å²) in [7, 11) is 1.70. The van der Waals surface area contributed by atoms with Crippen molar-refractivity contribution in [3.63, 3.8) is 0 Å². The van der Waals surface area contributed by atoms with Crippen molar-refractivity contribution < 1.29 is 14.3 Å². The van der Waals surface area contributed by atoms with Gasteiger partial charge >= 0.3 is 0 Å². The molecule has 0 unspecified atom stereocenters. The molecule has 2 amide bonds. The lowest BCUT2D eigenvalue weighted by Crippen LogP contribution is -2.61. The van der Waals surface area contributed by atoms with E-state index in [1.807, 2.05) is 47.1 Å². The monoisotopic (exact) mass is 455 g/mol. The second kappa shape index (κ2) is 10.1.